The Labute approximate surface area is 166 Å². The number of allylic oxidation sites excluding steroid dienone is 1. The fraction of sp³-hybridized carbons (Fsp3) is 0.444. The molecule has 0 radical (unpaired) electrons. The first-order valence-electron chi connectivity index (χ1n) is 9.13. The van der Waals surface area contributed by atoms with E-state index >= 15 is 0 Å². The Morgan fingerprint density at radius 2 is 1.79 bits per heavy atom. The van der Waals surface area contributed by atoms with Gasteiger partial charge in [-0.05, 0) is 25.6 Å². The standard InChI is InChI=1S/C18H25BN2O6S/c1-3-4-5-9-12-16(20-28(24,25)15-10-7-6-8-11-15)19-26-17(22)13-21(2)14-18(23)27-19/h6-12,16,20H,3-5,13-14H2,1-2H3/b12-9+. The second kappa shape index (κ2) is 10.4. The molecule has 1 aromatic carbocycles. The molecule has 1 aliphatic rings. The number of unbranched alkanes of at least 4 members (excludes halogenated alkanes) is 2. The molecule has 0 saturated carbocycles. The molecule has 0 aromatic heterocycles. The number of carbonyl (C=O) groups is 2. The Morgan fingerprint density at radius 1 is 1.18 bits per heavy atom. The highest BCUT2D eigenvalue weighted by Gasteiger charge is 2.40. The van der Waals surface area contributed by atoms with Crippen LogP contribution in [0.5, 0.6) is 0 Å². The minimum absolute atomic E-state index is 0.0604. The van der Waals surface area contributed by atoms with Crippen molar-refractivity contribution in [3.05, 3.63) is 42.5 Å². The van der Waals surface area contributed by atoms with Crippen LogP contribution in [0.15, 0.2) is 47.4 Å². The third-order valence-electron chi connectivity index (χ3n) is 4.00. The molecule has 8 nitrogen and oxygen atoms in total. The molecular formula is C18H25BN2O6S. The molecule has 0 amide bonds. The average molecular weight is 408 g/mol. The summed E-state index contributed by atoms with van der Waals surface area (Å²) in [5.41, 5.74) is 0. The van der Waals surface area contributed by atoms with Crippen molar-refractivity contribution in [2.75, 3.05) is 20.1 Å². The fourth-order valence-electron chi connectivity index (χ4n) is 2.60. The van der Waals surface area contributed by atoms with Crippen LogP contribution < -0.4 is 4.72 Å². The number of carbonyl (C=O) groups excluding carboxylic acids is 2. The van der Waals surface area contributed by atoms with Crippen molar-refractivity contribution in [1.29, 1.82) is 0 Å². The summed E-state index contributed by atoms with van der Waals surface area (Å²) in [4.78, 5) is 25.6. The lowest BCUT2D eigenvalue weighted by atomic mass is 9.78. The Balaban J connectivity index is 2.26. The molecule has 10 heteroatoms. The molecule has 0 spiro atoms. The number of hydrogen-bond donors (Lipinski definition) is 1. The lowest BCUT2D eigenvalue weighted by Gasteiger charge is -2.26. The Bertz CT molecular complexity index is 780. The second-order valence-corrected chi connectivity index (χ2v) is 8.26. The number of nitrogens with zero attached hydrogens (tertiary/aromatic N) is 1. The smallest absolute Gasteiger partial charge is 0.497 e. The first-order chi connectivity index (χ1) is 13.3. The van der Waals surface area contributed by atoms with Crippen molar-refractivity contribution >= 4 is 29.1 Å². The van der Waals surface area contributed by atoms with Gasteiger partial charge in [0.2, 0.25) is 10.0 Å². The predicted molar refractivity (Wildman–Crippen MR) is 105 cm³/mol. The third kappa shape index (κ3) is 6.77. The molecule has 1 fully saturated rings. The number of benzene rings is 1. The summed E-state index contributed by atoms with van der Waals surface area (Å²) in [6.07, 6.45) is 5.96. The van der Waals surface area contributed by atoms with Crippen LogP contribution in [0.1, 0.15) is 26.2 Å². The average Bonchev–Trinajstić information content (AvgIpc) is 2.63. The number of sulfonamides is 1. The van der Waals surface area contributed by atoms with E-state index in [4.69, 9.17) is 9.31 Å². The van der Waals surface area contributed by atoms with Crippen molar-refractivity contribution < 1.29 is 27.3 Å². The molecular weight excluding hydrogens is 383 g/mol. The van der Waals surface area contributed by atoms with Gasteiger partial charge in [-0.1, -0.05) is 50.1 Å². The highest BCUT2D eigenvalue weighted by atomic mass is 32.2. The number of hydrogen-bond acceptors (Lipinski definition) is 7. The number of nitrogens with one attached hydrogen (secondary N) is 1. The van der Waals surface area contributed by atoms with E-state index in [1.807, 2.05) is 6.92 Å². The topological polar surface area (TPSA) is 102 Å². The zero-order valence-corrected chi connectivity index (χ0v) is 16.9. The fourth-order valence-corrected chi connectivity index (χ4v) is 3.80. The van der Waals surface area contributed by atoms with E-state index < -0.39 is 35.0 Å². The van der Waals surface area contributed by atoms with Gasteiger partial charge in [-0.3, -0.25) is 14.5 Å². The van der Waals surface area contributed by atoms with E-state index in [0.717, 1.165) is 19.3 Å². The molecule has 28 heavy (non-hydrogen) atoms. The third-order valence-corrected chi connectivity index (χ3v) is 5.47. The van der Waals surface area contributed by atoms with E-state index in [-0.39, 0.29) is 18.0 Å². The molecule has 1 aliphatic heterocycles. The zero-order valence-electron chi connectivity index (χ0n) is 16.0. The van der Waals surface area contributed by atoms with Gasteiger partial charge in [-0.25, -0.2) is 13.1 Å². The zero-order chi connectivity index (χ0) is 20.6. The van der Waals surface area contributed by atoms with Crippen molar-refractivity contribution in [2.24, 2.45) is 0 Å². The van der Waals surface area contributed by atoms with Crippen LogP contribution in [0.25, 0.3) is 0 Å². The molecule has 1 N–H and O–H groups in total. The van der Waals surface area contributed by atoms with Crippen LogP contribution in [0.2, 0.25) is 0 Å². The molecule has 2 rings (SSSR count). The lowest BCUT2D eigenvalue weighted by molar-refractivity contribution is -0.145. The van der Waals surface area contributed by atoms with E-state index in [9.17, 15) is 18.0 Å². The van der Waals surface area contributed by atoms with Gasteiger partial charge < -0.3 is 9.31 Å². The maximum atomic E-state index is 12.7. The van der Waals surface area contributed by atoms with Crippen molar-refractivity contribution in [3.63, 3.8) is 0 Å². The van der Waals surface area contributed by atoms with E-state index in [0.29, 0.717) is 0 Å². The number of likely N-dealkylation sites (N-methyl/N-ethyl adjacent to an activating group) is 1. The second-order valence-electron chi connectivity index (χ2n) is 6.55. The van der Waals surface area contributed by atoms with Gasteiger partial charge in [0, 0.05) is 0 Å². The van der Waals surface area contributed by atoms with E-state index in [1.165, 1.54) is 17.0 Å². The van der Waals surface area contributed by atoms with Crippen LogP contribution in [-0.2, 0) is 28.9 Å². The quantitative estimate of drug-likeness (QED) is 0.391. The summed E-state index contributed by atoms with van der Waals surface area (Å²) < 4.78 is 38.4. The minimum Gasteiger partial charge on any atom is -0.497 e. The Morgan fingerprint density at radius 3 is 2.36 bits per heavy atom. The van der Waals surface area contributed by atoms with Crippen LogP contribution in [0.4, 0.5) is 0 Å². The molecule has 152 valence electrons. The van der Waals surface area contributed by atoms with Gasteiger partial charge in [0.25, 0.3) is 0 Å². The maximum Gasteiger partial charge on any atom is 0.622 e. The van der Waals surface area contributed by atoms with Crippen molar-refractivity contribution in [1.82, 2.24) is 9.62 Å². The molecule has 1 unspecified atom stereocenters. The van der Waals surface area contributed by atoms with Crippen molar-refractivity contribution in [2.45, 2.75) is 37.0 Å². The summed E-state index contributed by atoms with van der Waals surface area (Å²) in [7, 11) is -3.71. The molecule has 0 bridgehead atoms. The monoisotopic (exact) mass is 408 g/mol. The summed E-state index contributed by atoms with van der Waals surface area (Å²) in [6.45, 7) is 1.85. The van der Waals surface area contributed by atoms with E-state index in [1.54, 1.807) is 37.4 Å². The van der Waals surface area contributed by atoms with Gasteiger partial charge in [-0.15, -0.1) is 0 Å². The summed E-state index contributed by atoms with van der Waals surface area (Å²) >= 11 is 0. The normalized spacial score (nSPS) is 17.7. The van der Waals surface area contributed by atoms with Crippen molar-refractivity contribution in [3.8, 4) is 0 Å². The Kier molecular flexibility index (Phi) is 8.22. The van der Waals surface area contributed by atoms with E-state index in [2.05, 4.69) is 4.72 Å². The minimum atomic E-state index is -3.91. The van der Waals surface area contributed by atoms with Crippen LogP contribution >= 0.6 is 0 Å². The summed E-state index contributed by atoms with van der Waals surface area (Å²) in [6, 6.07) is 7.81. The summed E-state index contributed by atoms with van der Waals surface area (Å²) in [5, 5.41) is 0. The first-order valence-corrected chi connectivity index (χ1v) is 10.6. The number of rotatable bonds is 8. The van der Waals surface area contributed by atoms with Gasteiger partial charge in [-0.2, -0.15) is 0 Å². The molecule has 1 heterocycles. The van der Waals surface area contributed by atoms with Crippen LogP contribution in [0.3, 0.4) is 0 Å². The highest BCUT2D eigenvalue weighted by molar-refractivity contribution is 7.89. The Hall–Kier alpha value is -2.17. The molecule has 1 saturated heterocycles. The van der Waals surface area contributed by atoms with Crippen LogP contribution in [-0.4, -0.2) is 58.5 Å². The van der Waals surface area contributed by atoms with Gasteiger partial charge in [0.15, 0.2) is 0 Å². The maximum absolute atomic E-state index is 12.7. The van der Waals surface area contributed by atoms with Gasteiger partial charge in [0.1, 0.15) is 5.94 Å². The molecule has 1 aromatic rings. The summed E-state index contributed by atoms with van der Waals surface area (Å²) in [5.74, 6) is -2.25. The first kappa shape index (κ1) is 22.1. The predicted octanol–water partition coefficient (Wildman–Crippen LogP) is 1.14. The van der Waals surface area contributed by atoms with Gasteiger partial charge >= 0.3 is 19.1 Å². The van der Waals surface area contributed by atoms with Crippen LogP contribution in [0, 0.1) is 0 Å². The highest BCUT2D eigenvalue weighted by Crippen LogP contribution is 2.12. The molecule has 0 aliphatic carbocycles. The van der Waals surface area contributed by atoms with Gasteiger partial charge in [0.05, 0.1) is 18.0 Å². The largest absolute Gasteiger partial charge is 0.622 e. The lowest BCUT2D eigenvalue weighted by Crippen LogP contribution is -2.53. The SMILES string of the molecule is CCCC/C=C/C(NS(=O)(=O)c1ccccc1)B1OC(=O)CN(C)CC(=O)O1. The molecule has 1 atom stereocenters.